The molecule has 2 aromatic rings. The van der Waals surface area contributed by atoms with Crippen molar-refractivity contribution >= 4 is 11.6 Å². The largest absolute Gasteiger partial charge is 0.302 e. The fourth-order valence-corrected chi connectivity index (χ4v) is 3.28. The zero-order valence-electron chi connectivity index (χ0n) is 12.4. The first kappa shape index (κ1) is 14.6. The van der Waals surface area contributed by atoms with Gasteiger partial charge in [0.15, 0.2) is 0 Å². The van der Waals surface area contributed by atoms with Gasteiger partial charge < -0.3 is 4.90 Å². The molecule has 1 aliphatic heterocycles. The molecule has 1 aliphatic rings. The maximum Gasteiger partial charge on any atom is 0.0419 e. The summed E-state index contributed by atoms with van der Waals surface area (Å²) in [6, 6.07) is 14.6. The van der Waals surface area contributed by atoms with E-state index in [-0.39, 0.29) is 0 Å². The fraction of sp³-hybridized carbons (Fsp3) is 0.389. The topological polar surface area (TPSA) is 16.1 Å². The van der Waals surface area contributed by atoms with E-state index in [1.54, 1.807) is 0 Å². The molecule has 21 heavy (non-hydrogen) atoms. The Kier molecular flexibility index (Phi) is 4.57. The molecule has 0 saturated carbocycles. The lowest BCUT2D eigenvalue weighted by atomic mass is 9.99. The van der Waals surface area contributed by atoms with Crippen LogP contribution in [0.3, 0.4) is 0 Å². The number of halogens is 1. The van der Waals surface area contributed by atoms with E-state index in [9.17, 15) is 0 Å². The fourth-order valence-electron chi connectivity index (χ4n) is 3.08. The monoisotopic (exact) mass is 300 g/mol. The Labute approximate surface area is 131 Å². The number of aryl methyl sites for hydroxylation is 1. The van der Waals surface area contributed by atoms with Crippen LogP contribution in [0.1, 0.15) is 29.3 Å². The van der Waals surface area contributed by atoms with Gasteiger partial charge in [0.25, 0.3) is 0 Å². The molecule has 0 spiro atoms. The maximum absolute atomic E-state index is 6.09. The third-order valence-corrected chi connectivity index (χ3v) is 4.46. The second-order valence-corrected chi connectivity index (χ2v) is 6.30. The first-order valence-corrected chi connectivity index (χ1v) is 7.99. The molecular weight excluding hydrogens is 280 g/mol. The molecule has 0 N–H and O–H groups in total. The van der Waals surface area contributed by atoms with Gasteiger partial charge in [0.1, 0.15) is 0 Å². The quantitative estimate of drug-likeness (QED) is 0.846. The Morgan fingerprint density at radius 3 is 2.90 bits per heavy atom. The normalized spacial score (nSPS) is 19.0. The highest BCUT2D eigenvalue weighted by Gasteiger charge is 2.23. The van der Waals surface area contributed by atoms with E-state index in [1.807, 2.05) is 6.07 Å². The van der Waals surface area contributed by atoms with Gasteiger partial charge >= 0.3 is 0 Å². The lowest BCUT2D eigenvalue weighted by molar-refractivity contribution is 0.337. The molecule has 3 heteroatoms. The van der Waals surface area contributed by atoms with Crippen molar-refractivity contribution in [2.24, 2.45) is 0 Å². The second kappa shape index (κ2) is 6.59. The van der Waals surface area contributed by atoms with E-state index < -0.39 is 0 Å². The molecule has 1 saturated heterocycles. The van der Waals surface area contributed by atoms with Crippen LogP contribution in [0, 0.1) is 6.92 Å². The summed E-state index contributed by atoms with van der Waals surface area (Å²) >= 11 is 6.09. The van der Waals surface area contributed by atoms with Crippen molar-refractivity contribution in [3.63, 3.8) is 0 Å². The highest BCUT2D eigenvalue weighted by Crippen LogP contribution is 2.28. The third-order valence-electron chi connectivity index (χ3n) is 4.22. The third kappa shape index (κ3) is 3.84. The number of likely N-dealkylation sites (tertiary alicyclic amines) is 1. The highest BCUT2D eigenvalue weighted by molar-refractivity contribution is 6.30. The van der Waals surface area contributed by atoms with Gasteiger partial charge in [-0.3, -0.25) is 4.98 Å². The minimum atomic E-state index is 0.620. The maximum atomic E-state index is 6.09. The van der Waals surface area contributed by atoms with Crippen molar-refractivity contribution in [2.75, 3.05) is 19.6 Å². The van der Waals surface area contributed by atoms with Crippen molar-refractivity contribution in [1.29, 1.82) is 0 Å². The van der Waals surface area contributed by atoms with Crippen molar-refractivity contribution in [3.05, 3.63) is 64.4 Å². The molecule has 0 radical (unpaired) electrons. The Hall–Kier alpha value is -1.38. The summed E-state index contributed by atoms with van der Waals surface area (Å²) in [6.07, 6.45) is 2.26. The standard InChI is InChI=1S/C18H21ClN2/c1-14-4-2-7-18(20-14)9-11-21-10-8-16(13-21)15-5-3-6-17(19)12-15/h2-7,12,16H,8-11,13H2,1H3. The van der Waals surface area contributed by atoms with E-state index in [0.717, 1.165) is 30.2 Å². The van der Waals surface area contributed by atoms with Gasteiger partial charge in [0.05, 0.1) is 0 Å². The molecule has 0 amide bonds. The summed E-state index contributed by atoms with van der Waals surface area (Å²) < 4.78 is 0. The summed E-state index contributed by atoms with van der Waals surface area (Å²) in [5.74, 6) is 0.620. The van der Waals surface area contributed by atoms with E-state index in [0.29, 0.717) is 5.92 Å². The zero-order valence-corrected chi connectivity index (χ0v) is 13.2. The number of hydrogen-bond acceptors (Lipinski definition) is 2. The number of benzene rings is 1. The molecule has 0 aliphatic carbocycles. The predicted molar refractivity (Wildman–Crippen MR) is 87.9 cm³/mol. The lowest BCUT2D eigenvalue weighted by Crippen LogP contribution is -2.23. The van der Waals surface area contributed by atoms with Crippen LogP contribution in [0.15, 0.2) is 42.5 Å². The van der Waals surface area contributed by atoms with Crippen molar-refractivity contribution in [2.45, 2.75) is 25.7 Å². The molecule has 1 fully saturated rings. The summed E-state index contributed by atoms with van der Waals surface area (Å²) in [5.41, 5.74) is 3.67. The number of aromatic nitrogens is 1. The van der Waals surface area contributed by atoms with Crippen molar-refractivity contribution < 1.29 is 0 Å². The first-order valence-electron chi connectivity index (χ1n) is 7.61. The van der Waals surface area contributed by atoms with Gasteiger partial charge in [-0.2, -0.15) is 0 Å². The summed E-state index contributed by atoms with van der Waals surface area (Å²) in [5, 5.41) is 0.843. The number of rotatable bonds is 4. The molecule has 3 rings (SSSR count). The smallest absolute Gasteiger partial charge is 0.0419 e. The lowest BCUT2D eigenvalue weighted by Gasteiger charge is -2.16. The van der Waals surface area contributed by atoms with E-state index in [2.05, 4.69) is 53.2 Å². The SMILES string of the molecule is Cc1cccc(CCN2CCC(c3cccc(Cl)c3)C2)n1. The highest BCUT2D eigenvalue weighted by atomic mass is 35.5. The van der Waals surface area contributed by atoms with Gasteiger partial charge in [-0.25, -0.2) is 0 Å². The van der Waals surface area contributed by atoms with Crippen LogP contribution in [0.2, 0.25) is 5.02 Å². The van der Waals surface area contributed by atoms with Crippen LogP contribution >= 0.6 is 11.6 Å². The van der Waals surface area contributed by atoms with Crippen LogP contribution in [0.4, 0.5) is 0 Å². The average Bonchev–Trinajstić information content (AvgIpc) is 2.94. The second-order valence-electron chi connectivity index (χ2n) is 5.86. The van der Waals surface area contributed by atoms with Gasteiger partial charge in [0, 0.05) is 35.9 Å². The molecule has 2 nitrogen and oxygen atoms in total. The molecule has 1 aromatic heterocycles. The van der Waals surface area contributed by atoms with Crippen LogP contribution in [-0.2, 0) is 6.42 Å². The number of pyridine rings is 1. The summed E-state index contributed by atoms with van der Waals surface area (Å²) in [6.45, 7) is 5.44. The van der Waals surface area contributed by atoms with E-state index in [4.69, 9.17) is 11.6 Å². The predicted octanol–water partition coefficient (Wildman–Crippen LogP) is 4.08. The van der Waals surface area contributed by atoms with Gasteiger partial charge in [-0.15, -0.1) is 0 Å². The van der Waals surface area contributed by atoms with Crippen molar-refractivity contribution in [1.82, 2.24) is 9.88 Å². The van der Waals surface area contributed by atoms with E-state index >= 15 is 0 Å². The number of hydrogen-bond donors (Lipinski definition) is 0. The van der Waals surface area contributed by atoms with Crippen LogP contribution in [-0.4, -0.2) is 29.5 Å². The zero-order chi connectivity index (χ0) is 14.7. The van der Waals surface area contributed by atoms with Crippen molar-refractivity contribution in [3.8, 4) is 0 Å². The molecule has 2 heterocycles. The molecule has 1 unspecified atom stereocenters. The first-order chi connectivity index (χ1) is 10.2. The van der Waals surface area contributed by atoms with E-state index in [1.165, 1.54) is 24.2 Å². The molecule has 110 valence electrons. The minimum absolute atomic E-state index is 0.620. The molecular formula is C18H21ClN2. The Morgan fingerprint density at radius 1 is 1.24 bits per heavy atom. The van der Waals surface area contributed by atoms with Crippen LogP contribution in [0.25, 0.3) is 0 Å². The van der Waals surface area contributed by atoms with Gasteiger partial charge in [0.2, 0.25) is 0 Å². The van der Waals surface area contributed by atoms with Crippen LogP contribution < -0.4 is 0 Å². The molecule has 0 bridgehead atoms. The average molecular weight is 301 g/mol. The number of nitrogens with zero attached hydrogens (tertiary/aromatic N) is 2. The minimum Gasteiger partial charge on any atom is -0.302 e. The Bertz CT molecular complexity index is 612. The Morgan fingerprint density at radius 2 is 2.10 bits per heavy atom. The van der Waals surface area contributed by atoms with Crippen LogP contribution in [0.5, 0.6) is 0 Å². The molecule has 1 aromatic carbocycles. The summed E-state index contributed by atoms with van der Waals surface area (Å²) in [7, 11) is 0. The molecule has 1 atom stereocenters. The van der Waals surface area contributed by atoms with Gasteiger partial charge in [-0.1, -0.05) is 29.8 Å². The Balaban J connectivity index is 1.55. The van der Waals surface area contributed by atoms with Gasteiger partial charge in [-0.05, 0) is 55.6 Å². The summed E-state index contributed by atoms with van der Waals surface area (Å²) in [4.78, 5) is 7.12.